The first-order valence-electron chi connectivity index (χ1n) is 1.81. The summed E-state index contributed by atoms with van der Waals surface area (Å²) in [5.74, 6) is 0. The van der Waals surface area contributed by atoms with Gasteiger partial charge >= 0.3 is 0 Å². The normalized spacial score (nSPS) is 11.4. The Bertz CT molecular complexity index is 122. The quantitative estimate of drug-likeness (QED) is 0.438. The second-order valence-electron chi connectivity index (χ2n) is 1.02. The molecule has 5 heteroatoms. The summed E-state index contributed by atoms with van der Waals surface area (Å²) in [6.45, 7) is 0. The van der Waals surface area contributed by atoms with E-state index in [2.05, 4.69) is 0 Å². The van der Waals surface area contributed by atoms with Crippen molar-refractivity contribution in [3.8, 4) is 0 Å². The van der Waals surface area contributed by atoms with E-state index in [0.717, 1.165) is 18.0 Å². The van der Waals surface area contributed by atoms with Crippen LogP contribution in [0.5, 0.6) is 0 Å². The summed E-state index contributed by atoms with van der Waals surface area (Å²) in [4.78, 5) is 9.03. The topological polar surface area (TPSA) is 69.2 Å². The van der Waals surface area contributed by atoms with Crippen molar-refractivity contribution in [1.29, 1.82) is 0 Å². The van der Waals surface area contributed by atoms with Crippen LogP contribution in [0.3, 0.4) is 0 Å². The zero-order valence-electron chi connectivity index (χ0n) is 4.33. The highest BCUT2D eigenvalue weighted by atomic mass is 32.2. The molecule has 8 heavy (non-hydrogen) atoms. The van der Waals surface area contributed by atoms with E-state index in [1.54, 1.807) is 6.26 Å². The molecule has 0 aliphatic rings. The molecule has 0 unspecified atom stereocenters. The van der Waals surface area contributed by atoms with E-state index in [1.807, 2.05) is 0 Å². The van der Waals surface area contributed by atoms with Crippen molar-refractivity contribution < 1.29 is 4.92 Å². The van der Waals surface area contributed by atoms with Gasteiger partial charge in [0.1, 0.15) is 5.03 Å². The summed E-state index contributed by atoms with van der Waals surface area (Å²) in [6.07, 6.45) is 2.44. The van der Waals surface area contributed by atoms with E-state index in [-0.39, 0.29) is 5.03 Å². The summed E-state index contributed by atoms with van der Waals surface area (Å²) in [7, 11) is 0. The van der Waals surface area contributed by atoms with Gasteiger partial charge in [0.15, 0.2) is 0 Å². The molecule has 0 aromatic carbocycles. The van der Waals surface area contributed by atoms with Gasteiger partial charge in [0, 0.05) is 0 Å². The lowest BCUT2D eigenvalue weighted by atomic mass is 10.9. The third-order valence-corrected chi connectivity index (χ3v) is 1.05. The van der Waals surface area contributed by atoms with Crippen LogP contribution in [0, 0.1) is 10.1 Å². The first-order valence-corrected chi connectivity index (χ1v) is 3.04. The Kier molecular flexibility index (Phi) is 3.02. The number of hydrogen-bond acceptors (Lipinski definition) is 4. The standard InChI is InChI=1S/C3H6N2O2S/c1-8-3(4)2-5(6)7/h2H,4H2,1H3. The van der Waals surface area contributed by atoms with E-state index in [0.29, 0.717) is 0 Å². The fourth-order valence-electron chi connectivity index (χ4n) is 0.157. The molecule has 4 nitrogen and oxygen atoms in total. The summed E-state index contributed by atoms with van der Waals surface area (Å²) in [5.41, 5.74) is 5.06. The highest BCUT2D eigenvalue weighted by Crippen LogP contribution is 2.01. The predicted octanol–water partition coefficient (Wildman–Crippen LogP) is 0.384. The summed E-state index contributed by atoms with van der Waals surface area (Å²) in [6, 6.07) is 0. The monoisotopic (exact) mass is 134 g/mol. The van der Waals surface area contributed by atoms with Crippen molar-refractivity contribution in [2.24, 2.45) is 5.73 Å². The molecular weight excluding hydrogens is 128 g/mol. The van der Waals surface area contributed by atoms with Crippen molar-refractivity contribution >= 4 is 11.8 Å². The largest absolute Gasteiger partial charge is 0.388 e. The number of nitrogens with zero attached hydrogens (tertiary/aromatic N) is 1. The predicted molar refractivity (Wildman–Crippen MR) is 32.8 cm³/mol. The number of nitrogens with two attached hydrogens (primary N) is 1. The van der Waals surface area contributed by atoms with E-state index in [9.17, 15) is 10.1 Å². The molecule has 0 saturated carbocycles. The number of thioether (sulfide) groups is 1. The first kappa shape index (κ1) is 7.29. The molecule has 0 fully saturated rings. The van der Waals surface area contributed by atoms with E-state index in [1.165, 1.54) is 0 Å². The van der Waals surface area contributed by atoms with Gasteiger partial charge in [-0.3, -0.25) is 10.1 Å². The number of hydrogen-bond donors (Lipinski definition) is 1. The van der Waals surface area contributed by atoms with Gasteiger partial charge in [0.25, 0.3) is 6.20 Å². The van der Waals surface area contributed by atoms with Crippen molar-refractivity contribution in [3.05, 3.63) is 21.3 Å². The molecule has 46 valence electrons. The molecule has 0 aliphatic carbocycles. The van der Waals surface area contributed by atoms with Crippen LogP contribution < -0.4 is 5.73 Å². The SMILES string of the molecule is CSC(N)=C[N+](=O)[O-]. The summed E-state index contributed by atoms with van der Waals surface area (Å²) < 4.78 is 0. The number of rotatable bonds is 2. The number of nitro groups is 1. The highest BCUT2D eigenvalue weighted by molar-refractivity contribution is 8.02. The Morgan fingerprint density at radius 1 is 2.00 bits per heavy atom. The van der Waals surface area contributed by atoms with Crippen molar-refractivity contribution in [3.63, 3.8) is 0 Å². The molecule has 0 bridgehead atoms. The lowest BCUT2D eigenvalue weighted by Gasteiger charge is -1.85. The minimum Gasteiger partial charge on any atom is -0.388 e. The second-order valence-corrected chi connectivity index (χ2v) is 1.90. The maximum absolute atomic E-state index is 9.60. The van der Waals surface area contributed by atoms with Crippen molar-refractivity contribution in [1.82, 2.24) is 0 Å². The summed E-state index contributed by atoms with van der Waals surface area (Å²) in [5, 5.41) is 9.82. The molecule has 0 saturated heterocycles. The van der Waals surface area contributed by atoms with Gasteiger partial charge in [-0.25, -0.2) is 0 Å². The lowest BCUT2D eigenvalue weighted by Crippen LogP contribution is -1.95. The van der Waals surface area contributed by atoms with Crippen LogP contribution in [0.1, 0.15) is 0 Å². The van der Waals surface area contributed by atoms with Crippen LogP contribution in [0.15, 0.2) is 11.2 Å². The molecule has 0 heterocycles. The van der Waals surface area contributed by atoms with Gasteiger partial charge in [-0.15, -0.1) is 11.8 Å². The van der Waals surface area contributed by atoms with E-state index in [4.69, 9.17) is 5.73 Å². The zero-order valence-corrected chi connectivity index (χ0v) is 5.14. The molecule has 0 amide bonds. The average molecular weight is 134 g/mol. The van der Waals surface area contributed by atoms with Crippen LogP contribution in [0.2, 0.25) is 0 Å². The van der Waals surface area contributed by atoms with Crippen LogP contribution in [0.25, 0.3) is 0 Å². The fourth-order valence-corrected chi connectivity index (χ4v) is 0.348. The Hall–Kier alpha value is -0.710. The van der Waals surface area contributed by atoms with Gasteiger partial charge in [0.2, 0.25) is 0 Å². The van der Waals surface area contributed by atoms with Crippen LogP contribution in [-0.2, 0) is 0 Å². The fraction of sp³-hybridized carbons (Fsp3) is 0.333. The molecular formula is C3H6N2O2S. The molecule has 0 aliphatic heterocycles. The molecule has 0 atom stereocenters. The van der Waals surface area contributed by atoms with Gasteiger partial charge in [-0.05, 0) is 6.26 Å². The molecule has 0 aromatic rings. The Balaban J connectivity index is 3.75. The molecule has 0 aromatic heterocycles. The van der Waals surface area contributed by atoms with Crippen molar-refractivity contribution in [2.75, 3.05) is 6.26 Å². The van der Waals surface area contributed by atoms with Gasteiger partial charge in [-0.1, -0.05) is 0 Å². The van der Waals surface area contributed by atoms with Gasteiger partial charge in [0.05, 0.1) is 4.92 Å². The summed E-state index contributed by atoms with van der Waals surface area (Å²) >= 11 is 1.15. The van der Waals surface area contributed by atoms with Gasteiger partial charge < -0.3 is 5.73 Å². The Morgan fingerprint density at radius 2 is 2.50 bits per heavy atom. The molecule has 0 radical (unpaired) electrons. The third kappa shape index (κ3) is 3.48. The lowest BCUT2D eigenvalue weighted by molar-refractivity contribution is -0.402. The molecule has 0 spiro atoms. The maximum Gasteiger partial charge on any atom is 0.263 e. The average Bonchev–Trinajstić information content (AvgIpc) is 1.65. The second kappa shape index (κ2) is 3.31. The third-order valence-electron chi connectivity index (χ3n) is 0.468. The Labute approximate surface area is 50.9 Å². The first-order chi connectivity index (χ1) is 3.66. The minimum absolute atomic E-state index is 0.218. The van der Waals surface area contributed by atoms with Gasteiger partial charge in [-0.2, -0.15) is 0 Å². The van der Waals surface area contributed by atoms with Crippen LogP contribution in [-0.4, -0.2) is 11.2 Å². The molecule has 2 N–H and O–H groups in total. The van der Waals surface area contributed by atoms with Crippen molar-refractivity contribution in [2.45, 2.75) is 0 Å². The Morgan fingerprint density at radius 3 is 2.62 bits per heavy atom. The van der Waals surface area contributed by atoms with E-state index >= 15 is 0 Å². The van der Waals surface area contributed by atoms with E-state index < -0.39 is 4.92 Å². The van der Waals surface area contributed by atoms with Crippen LogP contribution in [0.4, 0.5) is 0 Å². The highest BCUT2D eigenvalue weighted by Gasteiger charge is 1.90. The smallest absolute Gasteiger partial charge is 0.263 e. The minimum atomic E-state index is -0.578. The maximum atomic E-state index is 9.60. The molecule has 0 rings (SSSR count). The zero-order chi connectivity index (χ0) is 6.57. The van der Waals surface area contributed by atoms with Crippen LogP contribution >= 0.6 is 11.8 Å².